The van der Waals surface area contributed by atoms with Gasteiger partial charge < -0.3 is 9.84 Å². The number of fused-ring (bicyclic) bond motifs is 2. The lowest BCUT2D eigenvalue weighted by Gasteiger charge is -2.31. The van der Waals surface area contributed by atoms with Crippen LogP contribution in [0.1, 0.15) is 32.7 Å². The third kappa shape index (κ3) is 4.23. The Balaban J connectivity index is 1.66. The standard InChI is InChI=1S/C28H24N2O3/c1-33-22-13-11-19(12-14-22)15-21-17-30(16-20-7-3-2-4-8-20)18-24-26(28(31)32)23-9-5-6-10-25(23)29-27(21)24/h2-15H,16-18H2,1H3,(H,31,32). The van der Waals surface area contributed by atoms with E-state index in [4.69, 9.17) is 9.72 Å². The van der Waals surface area contributed by atoms with Crippen molar-refractivity contribution in [2.24, 2.45) is 0 Å². The van der Waals surface area contributed by atoms with Crippen LogP contribution in [-0.2, 0) is 13.1 Å². The molecule has 5 nitrogen and oxygen atoms in total. The third-order valence-corrected chi connectivity index (χ3v) is 5.99. The number of hydrogen-bond donors (Lipinski definition) is 1. The Morgan fingerprint density at radius 1 is 1.00 bits per heavy atom. The number of aromatic carboxylic acids is 1. The quantitative estimate of drug-likeness (QED) is 0.448. The van der Waals surface area contributed by atoms with Crippen LogP contribution in [0.2, 0.25) is 0 Å². The molecule has 5 rings (SSSR count). The number of pyridine rings is 1. The molecule has 1 aliphatic heterocycles. The molecular weight excluding hydrogens is 412 g/mol. The summed E-state index contributed by atoms with van der Waals surface area (Å²) in [5, 5.41) is 10.8. The van der Waals surface area contributed by atoms with Gasteiger partial charge in [-0.1, -0.05) is 60.7 Å². The number of rotatable bonds is 5. The minimum atomic E-state index is -0.921. The Kier molecular flexibility index (Phi) is 5.63. The smallest absolute Gasteiger partial charge is 0.336 e. The zero-order valence-electron chi connectivity index (χ0n) is 18.4. The van der Waals surface area contributed by atoms with Crippen molar-refractivity contribution < 1.29 is 14.6 Å². The number of para-hydroxylation sites is 1. The van der Waals surface area contributed by atoms with E-state index in [1.807, 2.05) is 66.7 Å². The predicted molar refractivity (Wildman–Crippen MR) is 130 cm³/mol. The first-order valence-electron chi connectivity index (χ1n) is 10.9. The fourth-order valence-electron chi connectivity index (χ4n) is 4.48. The molecule has 4 aromatic rings. The summed E-state index contributed by atoms with van der Waals surface area (Å²) < 4.78 is 5.28. The summed E-state index contributed by atoms with van der Waals surface area (Å²) in [5.41, 5.74) is 5.79. The maximum Gasteiger partial charge on any atom is 0.336 e. The zero-order chi connectivity index (χ0) is 22.8. The molecule has 0 saturated carbocycles. The van der Waals surface area contributed by atoms with Crippen LogP contribution in [0.4, 0.5) is 0 Å². The minimum absolute atomic E-state index is 0.342. The van der Waals surface area contributed by atoms with Crippen LogP contribution in [0.5, 0.6) is 5.75 Å². The predicted octanol–water partition coefficient (Wildman–Crippen LogP) is 5.50. The van der Waals surface area contributed by atoms with Crippen LogP contribution in [0.3, 0.4) is 0 Å². The van der Waals surface area contributed by atoms with Gasteiger partial charge in [0.15, 0.2) is 0 Å². The topological polar surface area (TPSA) is 62.7 Å². The fourth-order valence-corrected chi connectivity index (χ4v) is 4.48. The van der Waals surface area contributed by atoms with Crippen molar-refractivity contribution in [3.8, 4) is 5.75 Å². The molecule has 0 bridgehead atoms. The monoisotopic (exact) mass is 436 g/mol. The van der Waals surface area contributed by atoms with E-state index in [0.717, 1.165) is 34.7 Å². The summed E-state index contributed by atoms with van der Waals surface area (Å²) in [5.74, 6) is -0.126. The number of carboxylic acid groups (broad SMARTS) is 1. The molecule has 5 heteroatoms. The van der Waals surface area contributed by atoms with E-state index in [0.29, 0.717) is 29.6 Å². The van der Waals surface area contributed by atoms with Gasteiger partial charge in [-0.05, 0) is 41.0 Å². The van der Waals surface area contributed by atoms with Crippen molar-refractivity contribution in [3.05, 3.63) is 107 Å². The number of nitrogens with zero attached hydrogens (tertiary/aromatic N) is 2. The van der Waals surface area contributed by atoms with Crippen molar-refractivity contribution in [1.82, 2.24) is 9.88 Å². The minimum Gasteiger partial charge on any atom is -0.497 e. The van der Waals surface area contributed by atoms with E-state index >= 15 is 0 Å². The van der Waals surface area contributed by atoms with Gasteiger partial charge in [-0.3, -0.25) is 4.90 Å². The molecule has 0 aliphatic carbocycles. The molecule has 0 unspecified atom stereocenters. The number of aromatic nitrogens is 1. The van der Waals surface area contributed by atoms with Crippen LogP contribution in [-0.4, -0.2) is 34.6 Å². The molecule has 1 aliphatic rings. The van der Waals surface area contributed by atoms with Gasteiger partial charge in [0.25, 0.3) is 0 Å². The summed E-state index contributed by atoms with van der Waals surface area (Å²) in [6.07, 6.45) is 2.10. The van der Waals surface area contributed by atoms with E-state index < -0.39 is 5.97 Å². The second kappa shape index (κ2) is 8.88. The number of carboxylic acids is 1. The Labute approximate surface area is 192 Å². The Morgan fingerprint density at radius 2 is 1.73 bits per heavy atom. The third-order valence-electron chi connectivity index (χ3n) is 5.99. The molecule has 1 aromatic heterocycles. The molecule has 164 valence electrons. The molecule has 0 amide bonds. The van der Waals surface area contributed by atoms with Crippen LogP contribution in [0.25, 0.3) is 22.6 Å². The normalized spacial score (nSPS) is 14.9. The van der Waals surface area contributed by atoms with Crippen LogP contribution in [0, 0.1) is 0 Å². The number of methoxy groups -OCH3 is 1. The number of ether oxygens (including phenoxy) is 1. The number of benzene rings is 3. The highest BCUT2D eigenvalue weighted by Crippen LogP contribution is 2.34. The number of hydrogen-bond acceptors (Lipinski definition) is 4. The first kappa shape index (κ1) is 20.9. The lowest BCUT2D eigenvalue weighted by molar-refractivity contribution is 0.0696. The lowest BCUT2D eigenvalue weighted by atomic mass is 9.91. The second-order valence-electron chi connectivity index (χ2n) is 8.21. The van der Waals surface area contributed by atoms with E-state index in [1.165, 1.54) is 5.56 Å². The summed E-state index contributed by atoms with van der Waals surface area (Å²) in [7, 11) is 1.65. The van der Waals surface area contributed by atoms with Crippen molar-refractivity contribution in [3.63, 3.8) is 0 Å². The molecule has 0 saturated heterocycles. The van der Waals surface area contributed by atoms with Gasteiger partial charge in [-0.15, -0.1) is 0 Å². The first-order valence-corrected chi connectivity index (χ1v) is 10.9. The summed E-state index contributed by atoms with van der Waals surface area (Å²) in [4.78, 5) is 19.6. The van der Waals surface area contributed by atoms with Gasteiger partial charge in [0.1, 0.15) is 5.75 Å². The van der Waals surface area contributed by atoms with Gasteiger partial charge in [-0.25, -0.2) is 9.78 Å². The van der Waals surface area contributed by atoms with Crippen LogP contribution < -0.4 is 4.74 Å². The SMILES string of the molecule is COc1ccc(C=C2CN(Cc3ccccc3)Cc3c2nc2ccccc2c3C(=O)O)cc1. The van der Waals surface area contributed by atoms with Crippen LogP contribution in [0.15, 0.2) is 78.9 Å². The number of carbonyl (C=O) groups is 1. The Morgan fingerprint density at radius 3 is 2.45 bits per heavy atom. The zero-order valence-corrected chi connectivity index (χ0v) is 18.4. The van der Waals surface area contributed by atoms with Gasteiger partial charge in [0, 0.05) is 30.6 Å². The highest BCUT2D eigenvalue weighted by molar-refractivity contribution is 6.06. The van der Waals surface area contributed by atoms with E-state index in [-0.39, 0.29) is 0 Å². The fraction of sp³-hybridized carbons (Fsp3) is 0.143. The molecule has 0 radical (unpaired) electrons. The molecular formula is C28H24N2O3. The summed E-state index contributed by atoms with van der Waals surface area (Å²) in [6, 6.07) is 25.6. The average Bonchev–Trinajstić information content (AvgIpc) is 2.84. The summed E-state index contributed by atoms with van der Waals surface area (Å²) >= 11 is 0. The van der Waals surface area contributed by atoms with Gasteiger partial charge in [-0.2, -0.15) is 0 Å². The molecule has 0 fully saturated rings. The molecule has 3 aromatic carbocycles. The second-order valence-corrected chi connectivity index (χ2v) is 8.21. The lowest BCUT2D eigenvalue weighted by Crippen LogP contribution is -2.31. The molecule has 33 heavy (non-hydrogen) atoms. The van der Waals surface area contributed by atoms with Crippen molar-refractivity contribution in [1.29, 1.82) is 0 Å². The van der Waals surface area contributed by atoms with Gasteiger partial charge in [0.05, 0.1) is 23.9 Å². The molecule has 0 atom stereocenters. The van der Waals surface area contributed by atoms with Gasteiger partial charge >= 0.3 is 5.97 Å². The van der Waals surface area contributed by atoms with E-state index in [1.54, 1.807) is 7.11 Å². The first-order chi connectivity index (χ1) is 16.1. The Hall–Kier alpha value is -3.96. The van der Waals surface area contributed by atoms with Crippen molar-refractivity contribution >= 4 is 28.5 Å². The average molecular weight is 437 g/mol. The van der Waals surface area contributed by atoms with E-state index in [9.17, 15) is 9.90 Å². The Bertz CT molecular complexity index is 1350. The molecule has 0 spiro atoms. The van der Waals surface area contributed by atoms with Gasteiger partial charge in [0.2, 0.25) is 0 Å². The molecule has 1 N–H and O–H groups in total. The largest absolute Gasteiger partial charge is 0.497 e. The maximum atomic E-state index is 12.4. The van der Waals surface area contributed by atoms with E-state index in [2.05, 4.69) is 23.1 Å². The molecule has 2 heterocycles. The summed E-state index contributed by atoms with van der Waals surface area (Å²) in [6.45, 7) is 1.94. The van der Waals surface area contributed by atoms with Crippen molar-refractivity contribution in [2.75, 3.05) is 13.7 Å². The van der Waals surface area contributed by atoms with Crippen LogP contribution >= 0.6 is 0 Å². The highest BCUT2D eigenvalue weighted by atomic mass is 16.5. The maximum absolute atomic E-state index is 12.4. The van der Waals surface area contributed by atoms with Crippen molar-refractivity contribution in [2.45, 2.75) is 13.1 Å². The highest BCUT2D eigenvalue weighted by Gasteiger charge is 2.28.